The number of carbonyl (C=O) groups is 1. The van der Waals surface area contributed by atoms with Gasteiger partial charge in [0, 0.05) is 17.5 Å². The van der Waals surface area contributed by atoms with Crippen LogP contribution in [-0.2, 0) is 0 Å². The van der Waals surface area contributed by atoms with Crippen molar-refractivity contribution in [1.82, 2.24) is 4.90 Å². The van der Waals surface area contributed by atoms with Crippen molar-refractivity contribution in [2.24, 2.45) is 5.92 Å². The van der Waals surface area contributed by atoms with Crippen LogP contribution in [0.15, 0.2) is 42.5 Å². The van der Waals surface area contributed by atoms with Crippen LogP contribution in [0.4, 0.5) is 4.39 Å². The van der Waals surface area contributed by atoms with E-state index in [1.807, 2.05) is 12.1 Å². The Morgan fingerprint density at radius 3 is 2.46 bits per heavy atom. The summed E-state index contributed by atoms with van der Waals surface area (Å²) in [6, 6.07) is 12.0. The lowest BCUT2D eigenvalue weighted by molar-refractivity contribution is 0.0727. The molecule has 2 atom stereocenters. The molecule has 0 bridgehead atoms. The summed E-state index contributed by atoms with van der Waals surface area (Å²) in [5.41, 5.74) is 1.71. The van der Waals surface area contributed by atoms with Gasteiger partial charge in [0.05, 0.1) is 14.2 Å². The molecule has 2 aromatic rings. The maximum Gasteiger partial charge on any atom is 0.166 e. The van der Waals surface area contributed by atoms with Crippen LogP contribution in [0.5, 0.6) is 11.5 Å². The zero-order chi connectivity index (χ0) is 20.1. The summed E-state index contributed by atoms with van der Waals surface area (Å²) in [6.07, 6.45) is 2.62. The van der Waals surface area contributed by atoms with Crippen molar-refractivity contribution in [1.29, 1.82) is 0 Å². The van der Waals surface area contributed by atoms with Crippen molar-refractivity contribution < 1.29 is 18.7 Å². The molecule has 150 valence electrons. The maximum atomic E-state index is 13.2. The van der Waals surface area contributed by atoms with E-state index in [1.165, 1.54) is 12.1 Å². The molecule has 0 saturated carbocycles. The molecule has 1 aliphatic heterocycles. The SMILES string of the molecule is CCCN1CCC(C(=O)c2ccc(F)cc2)CC1c1ccc(OC)c(OC)c1. The third-order valence-electron chi connectivity index (χ3n) is 5.52. The number of halogens is 1. The third-order valence-corrected chi connectivity index (χ3v) is 5.52. The molecule has 1 saturated heterocycles. The lowest BCUT2D eigenvalue weighted by Crippen LogP contribution is -2.39. The number of ketones is 1. The summed E-state index contributed by atoms with van der Waals surface area (Å²) >= 11 is 0. The van der Waals surface area contributed by atoms with E-state index in [-0.39, 0.29) is 23.6 Å². The number of benzene rings is 2. The van der Waals surface area contributed by atoms with Crippen LogP contribution in [-0.4, -0.2) is 38.0 Å². The van der Waals surface area contributed by atoms with Crippen LogP contribution >= 0.6 is 0 Å². The fourth-order valence-corrected chi connectivity index (χ4v) is 4.06. The van der Waals surface area contributed by atoms with Crippen molar-refractivity contribution in [3.8, 4) is 11.5 Å². The molecule has 0 N–H and O–H groups in total. The van der Waals surface area contributed by atoms with Gasteiger partial charge in [0.25, 0.3) is 0 Å². The van der Waals surface area contributed by atoms with E-state index >= 15 is 0 Å². The number of likely N-dealkylation sites (tertiary alicyclic amines) is 1. The highest BCUT2D eigenvalue weighted by atomic mass is 19.1. The molecule has 0 amide bonds. The Balaban J connectivity index is 1.86. The average molecular weight is 385 g/mol. The van der Waals surface area contributed by atoms with Crippen LogP contribution in [0, 0.1) is 11.7 Å². The molecule has 0 aliphatic carbocycles. The fraction of sp³-hybridized carbons (Fsp3) is 0.435. The largest absolute Gasteiger partial charge is 0.493 e. The predicted octanol–water partition coefficient (Wildman–Crippen LogP) is 4.89. The van der Waals surface area contributed by atoms with Gasteiger partial charge in [-0.25, -0.2) is 4.39 Å². The van der Waals surface area contributed by atoms with Crippen molar-refractivity contribution in [2.45, 2.75) is 32.2 Å². The van der Waals surface area contributed by atoms with Gasteiger partial charge in [-0.15, -0.1) is 0 Å². The number of methoxy groups -OCH3 is 2. The van der Waals surface area contributed by atoms with E-state index in [2.05, 4.69) is 17.9 Å². The second-order valence-corrected chi connectivity index (χ2v) is 7.26. The molecule has 2 unspecified atom stereocenters. The predicted molar refractivity (Wildman–Crippen MR) is 108 cm³/mol. The van der Waals surface area contributed by atoms with E-state index < -0.39 is 0 Å². The van der Waals surface area contributed by atoms with Gasteiger partial charge in [-0.05, 0) is 74.3 Å². The molecular formula is C23H28FNO3. The Bertz CT molecular complexity index is 806. The minimum Gasteiger partial charge on any atom is -0.493 e. The first-order valence-corrected chi connectivity index (χ1v) is 9.83. The Kier molecular flexibility index (Phi) is 6.68. The lowest BCUT2D eigenvalue weighted by Gasteiger charge is -2.39. The van der Waals surface area contributed by atoms with Gasteiger partial charge in [0.15, 0.2) is 17.3 Å². The van der Waals surface area contributed by atoms with Gasteiger partial charge in [0.1, 0.15) is 5.82 Å². The van der Waals surface area contributed by atoms with Crippen LogP contribution in [0.3, 0.4) is 0 Å². The smallest absolute Gasteiger partial charge is 0.166 e. The number of hydrogen-bond acceptors (Lipinski definition) is 4. The van der Waals surface area contributed by atoms with E-state index in [9.17, 15) is 9.18 Å². The first-order valence-electron chi connectivity index (χ1n) is 9.83. The first-order chi connectivity index (χ1) is 13.6. The molecule has 4 nitrogen and oxygen atoms in total. The highest BCUT2D eigenvalue weighted by Crippen LogP contribution is 2.39. The van der Waals surface area contributed by atoms with Crippen molar-refractivity contribution in [3.63, 3.8) is 0 Å². The first kappa shape index (κ1) is 20.3. The number of carbonyl (C=O) groups excluding carboxylic acids is 1. The minimum absolute atomic E-state index is 0.0725. The molecular weight excluding hydrogens is 357 g/mol. The van der Waals surface area contributed by atoms with Crippen molar-refractivity contribution in [2.75, 3.05) is 27.3 Å². The molecule has 1 heterocycles. The van der Waals surface area contributed by atoms with E-state index in [0.717, 1.165) is 37.9 Å². The molecule has 1 aliphatic rings. The van der Waals surface area contributed by atoms with E-state index in [1.54, 1.807) is 26.4 Å². The van der Waals surface area contributed by atoms with Crippen molar-refractivity contribution >= 4 is 5.78 Å². The summed E-state index contributed by atoms with van der Waals surface area (Å²) in [4.78, 5) is 15.4. The zero-order valence-corrected chi connectivity index (χ0v) is 16.8. The van der Waals surface area contributed by atoms with Gasteiger partial charge >= 0.3 is 0 Å². The van der Waals surface area contributed by atoms with Gasteiger partial charge in [0.2, 0.25) is 0 Å². The van der Waals surface area contributed by atoms with Gasteiger partial charge < -0.3 is 9.47 Å². The summed E-state index contributed by atoms with van der Waals surface area (Å²) < 4.78 is 24.0. The molecule has 1 fully saturated rings. The molecule has 2 aromatic carbocycles. The monoisotopic (exact) mass is 385 g/mol. The number of Topliss-reactive ketones (excluding diaryl/α,β-unsaturated/α-hetero) is 1. The van der Waals surface area contributed by atoms with E-state index in [4.69, 9.17) is 9.47 Å². The Morgan fingerprint density at radius 1 is 1.11 bits per heavy atom. The highest BCUT2D eigenvalue weighted by Gasteiger charge is 2.33. The van der Waals surface area contributed by atoms with Crippen molar-refractivity contribution in [3.05, 3.63) is 59.4 Å². The second kappa shape index (κ2) is 9.20. The molecule has 0 spiro atoms. The summed E-state index contributed by atoms with van der Waals surface area (Å²) in [5.74, 6) is 1.10. The average Bonchev–Trinajstić information content (AvgIpc) is 2.73. The molecule has 0 radical (unpaired) electrons. The molecule has 28 heavy (non-hydrogen) atoms. The third kappa shape index (κ3) is 4.36. The number of piperidine rings is 1. The van der Waals surface area contributed by atoms with Crippen LogP contribution in [0.1, 0.15) is 48.1 Å². The van der Waals surface area contributed by atoms with Gasteiger partial charge in [-0.2, -0.15) is 0 Å². The van der Waals surface area contributed by atoms with Crippen LogP contribution < -0.4 is 9.47 Å². The normalized spacial score (nSPS) is 20.0. The topological polar surface area (TPSA) is 38.8 Å². The Morgan fingerprint density at radius 2 is 1.82 bits per heavy atom. The summed E-state index contributed by atoms with van der Waals surface area (Å²) in [7, 11) is 3.26. The number of ether oxygens (including phenoxy) is 2. The standard InChI is InChI=1S/C23H28FNO3/c1-4-12-25-13-11-18(23(26)16-5-8-19(24)9-6-16)14-20(25)17-7-10-21(27-2)22(15-17)28-3/h5-10,15,18,20H,4,11-14H2,1-3H3. The maximum absolute atomic E-state index is 13.2. The summed E-state index contributed by atoms with van der Waals surface area (Å²) in [5, 5.41) is 0. The van der Waals surface area contributed by atoms with E-state index in [0.29, 0.717) is 17.1 Å². The summed E-state index contributed by atoms with van der Waals surface area (Å²) in [6.45, 7) is 4.02. The second-order valence-electron chi connectivity index (χ2n) is 7.26. The number of nitrogens with zero attached hydrogens (tertiary/aromatic N) is 1. The fourth-order valence-electron chi connectivity index (χ4n) is 4.06. The van der Waals surface area contributed by atoms with Crippen LogP contribution in [0.25, 0.3) is 0 Å². The highest BCUT2D eigenvalue weighted by molar-refractivity contribution is 5.97. The molecule has 5 heteroatoms. The zero-order valence-electron chi connectivity index (χ0n) is 16.8. The molecule has 3 rings (SSSR count). The quantitative estimate of drug-likeness (QED) is 0.636. The van der Waals surface area contributed by atoms with Crippen LogP contribution in [0.2, 0.25) is 0 Å². The Labute approximate surface area is 166 Å². The number of rotatable bonds is 7. The lowest BCUT2D eigenvalue weighted by atomic mass is 9.82. The minimum atomic E-state index is -0.322. The van der Waals surface area contributed by atoms with Gasteiger partial charge in [-0.3, -0.25) is 9.69 Å². The van der Waals surface area contributed by atoms with Gasteiger partial charge in [-0.1, -0.05) is 13.0 Å². The molecule has 0 aromatic heterocycles. The number of hydrogen-bond donors (Lipinski definition) is 0. The Hall–Kier alpha value is -2.40.